The molecule has 9 heteroatoms. The number of nitrogens with one attached hydrogen (secondary N) is 2. The van der Waals surface area contributed by atoms with Gasteiger partial charge in [-0.25, -0.2) is 8.42 Å². The molecule has 2 aromatic rings. The maximum absolute atomic E-state index is 12.7. The summed E-state index contributed by atoms with van der Waals surface area (Å²) in [5.41, 5.74) is 1.42. The quantitative estimate of drug-likeness (QED) is 0.605. The van der Waals surface area contributed by atoms with Crippen molar-refractivity contribution in [2.45, 2.75) is 29.8 Å². The number of aliphatic hydroxyl groups is 1. The first-order valence-corrected chi connectivity index (χ1v) is 10.6. The average Bonchev–Trinajstić information content (AvgIpc) is 2.72. The van der Waals surface area contributed by atoms with Gasteiger partial charge < -0.3 is 19.9 Å². The van der Waals surface area contributed by atoms with E-state index in [9.17, 15) is 18.3 Å². The van der Waals surface area contributed by atoms with Gasteiger partial charge in [-0.05, 0) is 30.0 Å². The van der Waals surface area contributed by atoms with Gasteiger partial charge in [-0.15, -0.1) is 0 Å². The fourth-order valence-electron chi connectivity index (χ4n) is 3.33. The summed E-state index contributed by atoms with van der Waals surface area (Å²) in [5.74, 6) is 0.187. The van der Waals surface area contributed by atoms with Crippen molar-refractivity contribution in [3.05, 3.63) is 53.6 Å². The molecule has 1 aliphatic rings. The maximum Gasteiger partial charge on any atom is 0.241 e. The average molecular weight is 420 g/mol. The van der Waals surface area contributed by atoms with Crippen molar-refractivity contribution in [2.24, 2.45) is 0 Å². The molecule has 8 nitrogen and oxygen atoms in total. The summed E-state index contributed by atoms with van der Waals surface area (Å²) in [5, 5.41) is 12.4. The van der Waals surface area contributed by atoms with E-state index < -0.39 is 28.0 Å². The van der Waals surface area contributed by atoms with Gasteiger partial charge in [0.1, 0.15) is 6.04 Å². The molecule has 0 spiro atoms. The van der Waals surface area contributed by atoms with Gasteiger partial charge in [0.25, 0.3) is 0 Å². The predicted octanol–water partition coefficient (Wildman–Crippen LogP) is 0.627. The van der Waals surface area contributed by atoms with Crippen molar-refractivity contribution in [2.75, 3.05) is 20.8 Å². The zero-order valence-electron chi connectivity index (χ0n) is 16.2. The third-order valence-electron chi connectivity index (χ3n) is 4.79. The number of amides is 1. The Balaban J connectivity index is 1.79. The Labute approximate surface area is 169 Å². The standard InChI is InChI=1S/C20H24N2O6S/c1-27-17-10-14-9-16(22-29(25,26)19(14)11-18(17)28-2)20(24)21-15(12-23)8-13-6-4-3-5-7-13/h3-7,10-11,15-16,22-23H,8-9,12H2,1-2H3,(H,21,24)/t15-,16+/m0/s1. The van der Waals surface area contributed by atoms with Crippen molar-refractivity contribution in [3.63, 3.8) is 0 Å². The Morgan fingerprint density at radius 1 is 1.21 bits per heavy atom. The van der Waals surface area contributed by atoms with Crippen LogP contribution in [0.5, 0.6) is 11.5 Å². The maximum atomic E-state index is 12.7. The highest BCUT2D eigenvalue weighted by Gasteiger charge is 2.35. The SMILES string of the molecule is COc1cc2c(cc1OC)S(=O)(=O)N[C@@H](C(=O)N[C@H](CO)Cc1ccccc1)C2. The molecule has 0 saturated carbocycles. The number of rotatable bonds is 7. The van der Waals surface area contributed by atoms with Crippen LogP contribution in [0.2, 0.25) is 0 Å². The highest BCUT2D eigenvalue weighted by Crippen LogP contribution is 2.35. The number of sulfonamides is 1. The highest BCUT2D eigenvalue weighted by atomic mass is 32.2. The molecule has 29 heavy (non-hydrogen) atoms. The van der Waals surface area contributed by atoms with Gasteiger partial charge in [-0.1, -0.05) is 30.3 Å². The molecule has 0 radical (unpaired) electrons. The first-order valence-electron chi connectivity index (χ1n) is 9.10. The van der Waals surface area contributed by atoms with Gasteiger partial charge in [-0.3, -0.25) is 4.79 Å². The van der Waals surface area contributed by atoms with Crippen LogP contribution in [0.25, 0.3) is 0 Å². The van der Waals surface area contributed by atoms with E-state index in [1.807, 2.05) is 30.3 Å². The molecule has 0 bridgehead atoms. The summed E-state index contributed by atoms with van der Waals surface area (Å²) >= 11 is 0. The van der Waals surface area contributed by atoms with Crippen LogP contribution < -0.4 is 19.5 Å². The Bertz CT molecular complexity index is 978. The summed E-state index contributed by atoms with van der Waals surface area (Å²) in [6.45, 7) is -0.262. The number of carbonyl (C=O) groups is 1. The third-order valence-corrected chi connectivity index (χ3v) is 6.34. The number of fused-ring (bicyclic) bond motifs is 1. The monoisotopic (exact) mass is 420 g/mol. The second-order valence-corrected chi connectivity index (χ2v) is 8.45. The van der Waals surface area contributed by atoms with E-state index in [1.165, 1.54) is 20.3 Å². The Hall–Kier alpha value is -2.62. The Kier molecular flexibility index (Phi) is 6.41. The summed E-state index contributed by atoms with van der Waals surface area (Å²) < 4.78 is 38.2. The van der Waals surface area contributed by atoms with Crippen LogP contribution in [0.15, 0.2) is 47.4 Å². The number of hydrogen-bond acceptors (Lipinski definition) is 6. The minimum absolute atomic E-state index is 0.0576. The zero-order chi connectivity index (χ0) is 21.0. The fraction of sp³-hybridized carbons (Fsp3) is 0.350. The van der Waals surface area contributed by atoms with Crippen molar-refractivity contribution in [1.29, 1.82) is 0 Å². The lowest BCUT2D eigenvalue weighted by atomic mass is 10.0. The molecule has 3 N–H and O–H groups in total. The second-order valence-electron chi connectivity index (χ2n) is 6.77. The smallest absolute Gasteiger partial charge is 0.241 e. The van der Waals surface area contributed by atoms with E-state index in [0.29, 0.717) is 23.5 Å². The van der Waals surface area contributed by atoms with Gasteiger partial charge in [0, 0.05) is 6.07 Å². The molecule has 0 aromatic heterocycles. The fourth-order valence-corrected chi connectivity index (χ4v) is 4.77. The molecule has 1 amide bonds. The molecule has 0 fully saturated rings. The number of carbonyl (C=O) groups excluding carboxylic acids is 1. The van der Waals surface area contributed by atoms with Crippen LogP contribution in [-0.4, -0.2) is 52.3 Å². The predicted molar refractivity (Wildman–Crippen MR) is 107 cm³/mol. The van der Waals surface area contributed by atoms with Crippen LogP contribution >= 0.6 is 0 Å². The molecule has 2 atom stereocenters. The lowest BCUT2D eigenvalue weighted by Gasteiger charge is -2.27. The number of benzene rings is 2. The molecule has 156 valence electrons. The Morgan fingerprint density at radius 3 is 2.48 bits per heavy atom. The van der Waals surface area contributed by atoms with Gasteiger partial charge in [0.05, 0.1) is 31.8 Å². The van der Waals surface area contributed by atoms with Crippen molar-refractivity contribution in [1.82, 2.24) is 10.0 Å². The van der Waals surface area contributed by atoms with Gasteiger partial charge in [0.2, 0.25) is 15.9 Å². The lowest BCUT2D eigenvalue weighted by Crippen LogP contribution is -2.53. The molecule has 3 rings (SSSR count). The van der Waals surface area contributed by atoms with Gasteiger partial charge in [0.15, 0.2) is 11.5 Å². The van der Waals surface area contributed by atoms with E-state index in [0.717, 1.165) is 5.56 Å². The minimum atomic E-state index is -3.90. The van der Waals surface area contributed by atoms with Crippen LogP contribution in [-0.2, 0) is 27.7 Å². The van der Waals surface area contributed by atoms with E-state index in [4.69, 9.17) is 9.47 Å². The molecular formula is C20H24N2O6S. The summed E-state index contributed by atoms with van der Waals surface area (Å²) in [6.07, 6.45) is 0.592. The number of hydrogen-bond donors (Lipinski definition) is 3. The van der Waals surface area contributed by atoms with Crippen LogP contribution in [0.4, 0.5) is 0 Å². The lowest BCUT2D eigenvalue weighted by molar-refractivity contribution is -0.123. The number of methoxy groups -OCH3 is 2. The second kappa shape index (κ2) is 8.81. The van der Waals surface area contributed by atoms with E-state index >= 15 is 0 Å². The molecule has 2 aromatic carbocycles. The van der Waals surface area contributed by atoms with Crippen molar-refractivity contribution in [3.8, 4) is 11.5 Å². The molecule has 0 unspecified atom stereocenters. The van der Waals surface area contributed by atoms with Crippen LogP contribution in [0, 0.1) is 0 Å². The minimum Gasteiger partial charge on any atom is -0.493 e. The van der Waals surface area contributed by atoms with Crippen LogP contribution in [0.3, 0.4) is 0 Å². The first kappa shape index (κ1) is 21.1. The third kappa shape index (κ3) is 4.69. The normalized spacial score (nSPS) is 18.4. The molecule has 0 saturated heterocycles. The van der Waals surface area contributed by atoms with E-state index in [-0.39, 0.29) is 17.9 Å². The molecule has 1 aliphatic heterocycles. The summed E-state index contributed by atoms with van der Waals surface area (Å²) in [4.78, 5) is 12.8. The zero-order valence-corrected chi connectivity index (χ0v) is 17.0. The first-order chi connectivity index (χ1) is 13.9. The Morgan fingerprint density at radius 2 is 1.86 bits per heavy atom. The van der Waals surface area contributed by atoms with Gasteiger partial charge >= 0.3 is 0 Å². The van der Waals surface area contributed by atoms with Gasteiger partial charge in [-0.2, -0.15) is 4.72 Å². The molecule has 0 aliphatic carbocycles. The number of aliphatic hydroxyl groups excluding tert-OH is 1. The highest BCUT2D eigenvalue weighted by molar-refractivity contribution is 7.89. The van der Waals surface area contributed by atoms with E-state index in [1.54, 1.807) is 6.07 Å². The number of ether oxygens (including phenoxy) is 2. The molecular weight excluding hydrogens is 396 g/mol. The van der Waals surface area contributed by atoms with E-state index in [2.05, 4.69) is 10.0 Å². The van der Waals surface area contributed by atoms with Crippen LogP contribution in [0.1, 0.15) is 11.1 Å². The largest absolute Gasteiger partial charge is 0.493 e. The summed E-state index contributed by atoms with van der Waals surface area (Å²) in [6, 6.07) is 10.9. The molecule has 1 heterocycles. The summed E-state index contributed by atoms with van der Waals surface area (Å²) in [7, 11) is -1.02. The van der Waals surface area contributed by atoms with Crippen molar-refractivity contribution < 1.29 is 27.8 Å². The topological polar surface area (TPSA) is 114 Å². The van der Waals surface area contributed by atoms with Crippen molar-refractivity contribution >= 4 is 15.9 Å².